The maximum absolute atomic E-state index is 4.73. The zero-order valence-corrected chi connectivity index (χ0v) is 17.2. The Bertz CT molecular complexity index is 986. The van der Waals surface area contributed by atoms with Gasteiger partial charge in [0, 0.05) is 17.3 Å². The van der Waals surface area contributed by atoms with Crippen LogP contribution in [0.1, 0.15) is 51.5 Å². The Kier molecular flexibility index (Phi) is 3.98. The van der Waals surface area contributed by atoms with Crippen molar-refractivity contribution in [1.82, 2.24) is 4.98 Å². The normalized spacial score (nSPS) is 27.8. The number of pyridine rings is 1. The van der Waals surface area contributed by atoms with Crippen LogP contribution in [-0.4, -0.2) is 4.98 Å². The molecule has 2 aliphatic carbocycles. The molecule has 0 N–H and O–H groups in total. The highest BCUT2D eigenvalue weighted by Crippen LogP contribution is 2.70. The molecule has 2 aliphatic rings. The Morgan fingerprint density at radius 1 is 0.821 bits per heavy atom. The van der Waals surface area contributed by atoms with Crippen molar-refractivity contribution in [3.8, 4) is 22.4 Å². The first-order valence-electron chi connectivity index (χ1n) is 10.6. The molecule has 3 atom stereocenters. The van der Waals surface area contributed by atoms with Crippen LogP contribution in [0.5, 0.6) is 0 Å². The highest BCUT2D eigenvalue weighted by molar-refractivity contribution is 5.67. The monoisotopic (exact) mass is 367 g/mol. The van der Waals surface area contributed by atoms with Crippen LogP contribution >= 0.6 is 0 Å². The molecular formula is C27H29N. The summed E-state index contributed by atoms with van der Waals surface area (Å²) in [4.78, 5) is 4.73. The molecule has 1 nitrogen and oxygen atoms in total. The molecule has 2 bridgehead atoms. The molecule has 0 saturated heterocycles. The lowest BCUT2D eigenvalue weighted by Crippen LogP contribution is -2.31. The first-order chi connectivity index (χ1) is 13.5. The van der Waals surface area contributed by atoms with Crippen LogP contribution in [0.4, 0.5) is 0 Å². The average Bonchev–Trinajstić information content (AvgIpc) is 3.08. The summed E-state index contributed by atoms with van der Waals surface area (Å²) in [6.45, 7) is 7.54. The molecule has 0 aliphatic heterocycles. The Morgan fingerprint density at radius 3 is 2.25 bits per heavy atom. The van der Waals surface area contributed by atoms with E-state index in [1.807, 2.05) is 12.3 Å². The minimum atomic E-state index is 0.422. The molecule has 2 saturated carbocycles. The second-order valence-electron chi connectivity index (χ2n) is 9.59. The van der Waals surface area contributed by atoms with Gasteiger partial charge in [0.1, 0.15) is 0 Å². The van der Waals surface area contributed by atoms with Crippen molar-refractivity contribution in [2.45, 2.75) is 46.0 Å². The largest absolute Gasteiger partial charge is 0.256 e. The molecule has 142 valence electrons. The number of benzene rings is 2. The second-order valence-corrected chi connectivity index (χ2v) is 9.59. The molecule has 3 unspecified atom stereocenters. The van der Waals surface area contributed by atoms with Gasteiger partial charge in [-0.05, 0) is 59.1 Å². The van der Waals surface area contributed by atoms with E-state index in [0.717, 1.165) is 11.6 Å². The van der Waals surface area contributed by atoms with Crippen LogP contribution in [-0.2, 0) is 0 Å². The molecule has 3 aromatic rings. The maximum atomic E-state index is 4.73. The Labute approximate surface area is 168 Å². The van der Waals surface area contributed by atoms with Gasteiger partial charge in [0.15, 0.2) is 0 Å². The fourth-order valence-electron chi connectivity index (χ4n) is 5.99. The minimum absolute atomic E-state index is 0.422. The van der Waals surface area contributed by atoms with E-state index in [1.54, 1.807) is 0 Å². The van der Waals surface area contributed by atoms with Crippen molar-refractivity contribution in [2.75, 3.05) is 0 Å². The number of hydrogen-bond acceptors (Lipinski definition) is 1. The Morgan fingerprint density at radius 2 is 1.61 bits per heavy atom. The van der Waals surface area contributed by atoms with Crippen molar-refractivity contribution < 1.29 is 0 Å². The van der Waals surface area contributed by atoms with E-state index in [-0.39, 0.29) is 0 Å². The Balaban J connectivity index is 1.46. The molecule has 1 aromatic heterocycles. The molecule has 2 fully saturated rings. The summed E-state index contributed by atoms with van der Waals surface area (Å²) in [5, 5.41) is 0. The maximum Gasteiger partial charge on any atom is 0.0702 e. The number of hydrogen-bond donors (Lipinski definition) is 0. The van der Waals surface area contributed by atoms with Gasteiger partial charge in [-0.1, -0.05) is 81.4 Å². The van der Waals surface area contributed by atoms with Crippen molar-refractivity contribution in [1.29, 1.82) is 0 Å². The topological polar surface area (TPSA) is 12.9 Å². The van der Waals surface area contributed by atoms with Gasteiger partial charge in [0.25, 0.3) is 0 Å². The number of nitrogens with zero attached hydrogens (tertiary/aromatic N) is 1. The number of fused-ring (bicyclic) bond motifs is 2. The number of aromatic nitrogens is 1. The quantitative estimate of drug-likeness (QED) is 0.472. The van der Waals surface area contributed by atoms with Crippen LogP contribution in [0.15, 0.2) is 72.9 Å². The summed E-state index contributed by atoms with van der Waals surface area (Å²) in [5.41, 5.74) is 7.08. The average molecular weight is 368 g/mol. The van der Waals surface area contributed by atoms with Gasteiger partial charge < -0.3 is 0 Å². The van der Waals surface area contributed by atoms with Gasteiger partial charge in [0.05, 0.1) is 5.69 Å². The van der Waals surface area contributed by atoms with Crippen molar-refractivity contribution >= 4 is 0 Å². The van der Waals surface area contributed by atoms with Crippen LogP contribution in [0.2, 0.25) is 0 Å². The third-order valence-corrected chi connectivity index (χ3v) is 8.25. The molecule has 0 spiro atoms. The van der Waals surface area contributed by atoms with Crippen LogP contribution in [0, 0.1) is 16.7 Å². The molecule has 5 rings (SSSR count). The minimum Gasteiger partial charge on any atom is -0.256 e. The predicted molar refractivity (Wildman–Crippen MR) is 117 cm³/mol. The van der Waals surface area contributed by atoms with E-state index in [4.69, 9.17) is 4.98 Å². The molecule has 1 heteroatoms. The van der Waals surface area contributed by atoms with Gasteiger partial charge in [0.2, 0.25) is 0 Å². The van der Waals surface area contributed by atoms with Crippen LogP contribution in [0.25, 0.3) is 22.4 Å². The first kappa shape index (κ1) is 17.7. The number of rotatable bonds is 3. The molecule has 1 heterocycles. The van der Waals surface area contributed by atoms with Crippen molar-refractivity contribution in [3.05, 3.63) is 78.5 Å². The van der Waals surface area contributed by atoms with Gasteiger partial charge in [-0.3, -0.25) is 4.98 Å². The van der Waals surface area contributed by atoms with Gasteiger partial charge in [-0.2, -0.15) is 0 Å². The smallest absolute Gasteiger partial charge is 0.0702 e. The molecule has 0 radical (unpaired) electrons. The van der Waals surface area contributed by atoms with E-state index in [9.17, 15) is 0 Å². The highest BCUT2D eigenvalue weighted by Gasteiger charge is 2.61. The fraction of sp³-hybridized carbons (Fsp3) is 0.370. The summed E-state index contributed by atoms with van der Waals surface area (Å²) in [6, 6.07) is 24.0. The lowest BCUT2D eigenvalue weighted by molar-refractivity contribution is 0.134. The van der Waals surface area contributed by atoms with E-state index >= 15 is 0 Å². The standard InChI is InChI=1S/C27H29N/c1-26(2)23-14-15-27(26,3)24(17-23)21-11-7-10-20(16-21)22-12-13-25(28-18-22)19-8-5-4-6-9-19/h4-13,16,18,23-24H,14-15,17H2,1-3H3. The SMILES string of the molecule is CC1(C)C2CCC1(C)C(c1cccc(-c3ccc(-c4ccccc4)nc3)c1)C2. The lowest BCUT2D eigenvalue weighted by atomic mass is 9.65. The summed E-state index contributed by atoms with van der Waals surface area (Å²) in [7, 11) is 0. The summed E-state index contributed by atoms with van der Waals surface area (Å²) >= 11 is 0. The molecule has 2 aromatic carbocycles. The highest BCUT2D eigenvalue weighted by atomic mass is 14.7. The predicted octanol–water partition coefficient (Wildman–Crippen LogP) is 7.35. The summed E-state index contributed by atoms with van der Waals surface area (Å²) in [5.74, 6) is 1.55. The Hall–Kier alpha value is -2.41. The lowest BCUT2D eigenvalue weighted by Gasteiger charge is -2.39. The van der Waals surface area contributed by atoms with E-state index in [1.165, 1.54) is 41.5 Å². The summed E-state index contributed by atoms with van der Waals surface area (Å²) < 4.78 is 0. The molecular weight excluding hydrogens is 338 g/mol. The zero-order chi connectivity index (χ0) is 19.4. The van der Waals surface area contributed by atoms with Crippen LogP contribution in [0.3, 0.4) is 0 Å². The van der Waals surface area contributed by atoms with Crippen molar-refractivity contribution in [3.63, 3.8) is 0 Å². The van der Waals surface area contributed by atoms with E-state index in [0.29, 0.717) is 16.7 Å². The van der Waals surface area contributed by atoms with Gasteiger partial charge in [-0.25, -0.2) is 0 Å². The van der Waals surface area contributed by atoms with Crippen LogP contribution < -0.4 is 0 Å². The third-order valence-electron chi connectivity index (χ3n) is 8.25. The first-order valence-corrected chi connectivity index (χ1v) is 10.6. The van der Waals surface area contributed by atoms with Gasteiger partial charge in [-0.15, -0.1) is 0 Å². The summed E-state index contributed by atoms with van der Waals surface area (Å²) in [6.07, 6.45) is 6.14. The third kappa shape index (κ3) is 2.56. The molecule has 0 amide bonds. The zero-order valence-electron chi connectivity index (χ0n) is 17.2. The second kappa shape index (κ2) is 6.30. The van der Waals surface area contributed by atoms with E-state index < -0.39 is 0 Å². The fourth-order valence-corrected chi connectivity index (χ4v) is 5.99. The molecule has 28 heavy (non-hydrogen) atoms. The van der Waals surface area contributed by atoms with Gasteiger partial charge >= 0.3 is 0 Å². The van der Waals surface area contributed by atoms with Crippen molar-refractivity contribution in [2.24, 2.45) is 16.7 Å². The van der Waals surface area contributed by atoms with E-state index in [2.05, 4.69) is 81.4 Å².